The van der Waals surface area contributed by atoms with E-state index in [9.17, 15) is 19.8 Å². The first kappa shape index (κ1) is 63.3. The van der Waals surface area contributed by atoms with Crippen molar-refractivity contribution in [2.75, 3.05) is 6.61 Å². The maximum atomic E-state index is 13.2. The van der Waals surface area contributed by atoms with Crippen LogP contribution in [0.1, 0.15) is 271 Å². The number of esters is 1. The number of ether oxygens (including phenoxy) is 1. The molecule has 6 nitrogen and oxygen atoms in total. The van der Waals surface area contributed by atoms with Crippen molar-refractivity contribution in [1.82, 2.24) is 5.32 Å². The van der Waals surface area contributed by atoms with Gasteiger partial charge in [0, 0.05) is 6.42 Å². The van der Waals surface area contributed by atoms with Gasteiger partial charge >= 0.3 is 5.97 Å². The number of unbranched alkanes of at least 4 members (excludes halogenated alkanes) is 27. The molecular formula is C60H107NO5. The number of allylic oxidation sites excluding steroid dienone is 12. The van der Waals surface area contributed by atoms with Crippen LogP contribution in [0.25, 0.3) is 0 Å². The monoisotopic (exact) mass is 922 g/mol. The molecule has 0 aromatic heterocycles. The quantitative estimate of drug-likeness (QED) is 0.0244. The number of amides is 1. The van der Waals surface area contributed by atoms with E-state index in [4.69, 9.17) is 4.74 Å². The van der Waals surface area contributed by atoms with Gasteiger partial charge in [-0.1, -0.05) is 241 Å². The number of nitrogens with one attached hydrogen (secondary N) is 1. The van der Waals surface area contributed by atoms with Crippen LogP contribution in [0.3, 0.4) is 0 Å². The highest BCUT2D eigenvalue weighted by molar-refractivity contribution is 5.77. The van der Waals surface area contributed by atoms with Gasteiger partial charge in [0.2, 0.25) is 5.91 Å². The lowest BCUT2D eigenvalue weighted by molar-refractivity contribution is -0.151. The van der Waals surface area contributed by atoms with Gasteiger partial charge < -0.3 is 20.3 Å². The van der Waals surface area contributed by atoms with Crippen LogP contribution in [-0.2, 0) is 14.3 Å². The lowest BCUT2D eigenvalue weighted by atomic mass is 10.0. The summed E-state index contributed by atoms with van der Waals surface area (Å²) in [5, 5.41) is 23.8. The maximum absolute atomic E-state index is 13.2. The third-order valence-corrected chi connectivity index (χ3v) is 12.5. The van der Waals surface area contributed by atoms with Crippen LogP contribution < -0.4 is 5.32 Å². The normalized spacial score (nSPS) is 13.7. The minimum absolute atomic E-state index is 0.0334. The number of hydrogen-bond donors (Lipinski definition) is 3. The fourth-order valence-corrected chi connectivity index (χ4v) is 8.23. The Labute approximate surface area is 409 Å². The van der Waals surface area contributed by atoms with Crippen molar-refractivity contribution in [3.05, 3.63) is 72.9 Å². The van der Waals surface area contributed by atoms with E-state index in [1.807, 2.05) is 0 Å². The molecule has 0 spiro atoms. The first-order valence-corrected chi connectivity index (χ1v) is 28.2. The highest BCUT2D eigenvalue weighted by atomic mass is 16.5. The van der Waals surface area contributed by atoms with Crippen LogP contribution >= 0.6 is 0 Å². The van der Waals surface area contributed by atoms with Crippen molar-refractivity contribution in [2.45, 2.75) is 289 Å². The molecule has 3 atom stereocenters. The SMILES string of the molecule is CCCCC/C=C\C/C=C\C/C=C\C/C=C\CCCC(CC(=O)NC(CO)C(O)CCCCCCCCCCCCCCCCC)OC(=O)CCCCCCCC/C=C/C=C/CCCCC. The molecule has 0 aliphatic carbocycles. The number of aliphatic hydroxyl groups excluding tert-OH is 2. The Morgan fingerprint density at radius 1 is 0.455 bits per heavy atom. The Bertz CT molecular complexity index is 1220. The molecule has 0 bridgehead atoms. The summed E-state index contributed by atoms with van der Waals surface area (Å²) in [6.45, 7) is 6.42. The average Bonchev–Trinajstić information content (AvgIpc) is 3.31. The molecule has 0 rings (SSSR count). The zero-order valence-electron chi connectivity index (χ0n) is 43.6. The van der Waals surface area contributed by atoms with E-state index >= 15 is 0 Å². The van der Waals surface area contributed by atoms with E-state index in [2.05, 4.69) is 99.0 Å². The predicted octanol–water partition coefficient (Wildman–Crippen LogP) is 17.3. The van der Waals surface area contributed by atoms with Crippen molar-refractivity contribution >= 4 is 11.9 Å². The molecule has 0 aromatic rings. The van der Waals surface area contributed by atoms with E-state index in [1.54, 1.807) is 0 Å². The minimum atomic E-state index is -0.807. The second-order valence-electron chi connectivity index (χ2n) is 19.0. The van der Waals surface area contributed by atoms with Gasteiger partial charge in [-0.2, -0.15) is 0 Å². The largest absolute Gasteiger partial charge is 0.462 e. The van der Waals surface area contributed by atoms with Gasteiger partial charge in [0.25, 0.3) is 0 Å². The average molecular weight is 923 g/mol. The highest BCUT2D eigenvalue weighted by Gasteiger charge is 2.24. The molecule has 0 radical (unpaired) electrons. The zero-order chi connectivity index (χ0) is 48.1. The summed E-state index contributed by atoms with van der Waals surface area (Å²) in [4.78, 5) is 26.2. The van der Waals surface area contributed by atoms with Crippen LogP contribution in [0.5, 0.6) is 0 Å². The summed E-state index contributed by atoms with van der Waals surface area (Å²) in [5.74, 6) is -0.539. The second-order valence-corrected chi connectivity index (χ2v) is 19.0. The van der Waals surface area contributed by atoms with Crippen LogP contribution in [0, 0.1) is 0 Å². The van der Waals surface area contributed by atoms with E-state index in [-0.39, 0.29) is 24.9 Å². The van der Waals surface area contributed by atoms with Gasteiger partial charge in [0.1, 0.15) is 6.10 Å². The molecule has 6 heteroatoms. The van der Waals surface area contributed by atoms with Crippen molar-refractivity contribution in [1.29, 1.82) is 0 Å². The molecule has 3 N–H and O–H groups in total. The van der Waals surface area contributed by atoms with E-state index in [0.29, 0.717) is 19.3 Å². The number of carbonyl (C=O) groups is 2. The van der Waals surface area contributed by atoms with Gasteiger partial charge in [-0.3, -0.25) is 9.59 Å². The van der Waals surface area contributed by atoms with Crippen molar-refractivity contribution in [3.63, 3.8) is 0 Å². The van der Waals surface area contributed by atoms with Gasteiger partial charge in [-0.05, 0) is 89.9 Å². The minimum Gasteiger partial charge on any atom is -0.462 e. The van der Waals surface area contributed by atoms with E-state index in [0.717, 1.165) is 77.0 Å². The molecule has 0 aromatic carbocycles. The van der Waals surface area contributed by atoms with Gasteiger partial charge in [0.05, 0.1) is 25.2 Å². The zero-order valence-corrected chi connectivity index (χ0v) is 43.6. The Kier molecular flexibility index (Phi) is 51.1. The van der Waals surface area contributed by atoms with E-state index in [1.165, 1.54) is 148 Å². The number of rotatable bonds is 50. The summed E-state index contributed by atoms with van der Waals surface area (Å²) >= 11 is 0. The summed E-state index contributed by atoms with van der Waals surface area (Å²) in [6, 6.07) is -0.725. The number of hydrogen-bond acceptors (Lipinski definition) is 5. The first-order chi connectivity index (χ1) is 32.5. The molecule has 1 amide bonds. The molecule has 382 valence electrons. The smallest absolute Gasteiger partial charge is 0.306 e. The fraction of sp³-hybridized carbons (Fsp3) is 0.767. The molecule has 0 heterocycles. The van der Waals surface area contributed by atoms with Crippen LogP contribution in [-0.4, -0.2) is 46.9 Å². The van der Waals surface area contributed by atoms with Gasteiger partial charge in [0.15, 0.2) is 0 Å². The molecule has 0 saturated carbocycles. The molecule has 0 fully saturated rings. The first-order valence-electron chi connectivity index (χ1n) is 28.2. The summed E-state index contributed by atoms with van der Waals surface area (Å²) in [6.07, 6.45) is 68.2. The third-order valence-electron chi connectivity index (χ3n) is 12.5. The summed E-state index contributed by atoms with van der Waals surface area (Å²) < 4.78 is 5.92. The number of carbonyl (C=O) groups excluding carboxylic acids is 2. The lowest BCUT2D eigenvalue weighted by Gasteiger charge is -2.24. The molecule has 0 saturated heterocycles. The molecule has 66 heavy (non-hydrogen) atoms. The van der Waals surface area contributed by atoms with Crippen LogP contribution in [0.4, 0.5) is 0 Å². The highest BCUT2D eigenvalue weighted by Crippen LogP contribution is 2.17. The van der Waals surface area contributed by atoms with Crippen LogP contribution in [0.15, 0.2) is 72.9 Å². The predicted molar refractivity (Wildman–Crippen MR) is 287 cm³/mol. The van der Waals surface area contributed by atoms with Crippen molar-refractivity contribution < 1.29 is 24.5 Å². The van der Waals surface area contributed by atoms with Gasteiger partial charge in [-0.15, -0.1) is 0 Å². The molecular weight excluding hydrogens is 815 g/mol. The molecule has 3 unspecified atom stereocenters. The van der Waals surface area contributed by atoms with Crippen LogP contribution in [0.2, 0.25) is 0 Å². The topological polar surface area (TPSA) is 95.9 Å². The summed E-state index contributed by atoms with van der Waals surface area (Å²) in [5.41, 5.74) is 0. The Morgan fingerprint density at radius 2 is 0.833 bits per heavy atom. The van der Waals surface area contributed by atoms with Crippen molar-refractivity contribution in [3.8, 4) is 0 Å². The Hall–Kier alpha value is -2.70. The van der Waals surface area contributed by atoms with Crippen molar-refractivity contribution in [2.24, 2.45) is 0 Å². The maximum Gasteiger partial charge on any atom is 0.306 e. The number of aliphatic hydroxyl groups is 2. The fourth-order valence-electron chi connectivity index (χ4n) is 8.23. The second kappa shape index (κ2) is 53.3. The molecule has 0 aliphatic rings. The summed E-state index contributed by atoms with van der Waals surface area (Å²) in [7, 11) is 0. The molecule has 0 aliphatic heterocycles. The van der Waals surface area contributed by atoms with Gasteiger partial charge in [-0.25, -0.2) is 0 Å². The third kappa shape index (κ3) is 47.8. The lowest BCUT2D eigenvalue weighted by Crippen LogP contribution is -2.46. The van der Waals surface area contributed by atoms with E-state index < -0.39 is 18.2 Å². The Morgan fingerprint density at radius 3 is 1.32 bits per heavy atom. The standard InChI is InChI=1S/C60H107NO5/c1-4-7-10-13-16-19-22-25-28-29-32-33-36-39-42-45-48-51-56(66-60(65)53-50-47-44-41-38-35-31-27-24-21-18-15-12-9-6-3)54-59(64)61-57(55-62)58(63)52-49-46-43-40-37-34-30-26-23-20-17-14-11-8-5-2/h16,18-19,21,24-25,27-28,32-33,39,42,56-58,62-63H,4-15,17,20,22-23,26,29-31,34-38,40-41,43-55H2,1-3H3,(H,61,64)/b19-16-,21-18+,27-24+,28-25-,33-32-,42-39-. The Balaban J connectivity index is 4.69.